The van der Waals surface area contributed by atoms with E-state index >= 15 is 0 Å². The van der Waals surface area contributed by atoms with Gasteiger partial charge in [-0.15, -0.1) is 0 Å². The molecule has 0 spiro atoms. The summed E-state index contributed by atoms with van der Waals surface area (Å²) in [6, 6.07) is 0.160. The number of aryl methyl sites for hydroxylation is 2. The van der Waals surface area contributed by atoms with Crippen LogP contribution in [0.4, 0.5) is 0 Å². The van der Waals surface area contributed by atoms with E-state index in [0.717, 1.165) is 18.8 Å². The van der Waals surface area contributed by atoms with Crippen LogP contribution in [0, 0.1) is 0 Å². The van der Waals surface area contributed by atoms with Gasteiger partial charge in [0, 0.05) is 25.4 Å². The van der Waals surface area contributed by atoms with Crippen molar-refractivity contribution in [1.29, 1.82) is 0 Å². The Hall–Kier alpha value is -1.62. The lowest BCUT2D eigenvalue weighted by Gasteiger charge is -2.16. The van der Waals surface area contributed by atoms with Crippen LogP contribution in [0.2, 0.25) is 0 Å². The van der Waals surface area contributed by atoms with Gasteiger partial charge in [0.2, 0.25) is 0 Å². The molecule has 0 aliphatic rings. The molecule has 0 saturated heterocycles. The van der Waals surface area contributed by atoms with Gasteiger partial charge in [-0.3, -0.25) is 4.68 Å². The van der Waals surface area contributed by atoms with Crippen molar-refractivity contribution >= 4 is 0 Å². The highest BCUT2D eigenvalue weighted by Crippen LogP contribution is 2.20. The van der Waals surface area contributed by atoms with Crippen molar-refractivity contribution in [3.05, 3.63) is 36.2 Å². The van der Waals surface area contributed by atoms with Crippen molar-refractivity contribution in [2.75, 3.05) is 6.54 Å². The predicted octanol–water partition coefficient (Wildman–Crippen LogP) is 1.34. The molecule has 2 aromatic rings. The molecule has 0 saturated carbocycles. The highest BCUT2D eigenvalue weighted by Gasteiger charge is 2.17. The normalized spacial score (nSPS) is 12.9. The molecule has 5 heteroatoms. The number of hydrogen-bond acceptors (Lipinski definition) is 3. The van der Waals surface area contributed by atoms with Gasteiger partial charge in [-0.2, -0.15) is 5.10 Å². The summed E-state index contributed by atoms with van der Waals surface area (Å²) >= 11 is 0. The van der Waals surface area contributed by atoms with E-state index in [9.17, 15) is 0 Å². The minimum Gasteiger partial charge on any atom is -0.336 e. The fourth-order valence-corrected chi connectivity index (χ4v) is 1.94. The Kier molecular flexibility index (Phi) is 3.58. The van der Waals surface area contributed by atoms with Crippen molar-refractivity contribution in [2.45, 2.75) is 26.4 Å². The van der Waals surface area contributed by atoms with Crippen LogP contribution >= 0.6 is 0 Å². The molecule has 2 aromatic heterocycles. The zero-order chi connectivity index (χ0) is 12.3. The molecule has 0 bridgehead atoms. The first-order valence-electron chi connectivity index (χ1n) is 5.98. The van der Waals surface area contributed by atoms with Crippen LogP contribution in [0.3, 0.4) is 0 Å². The SMILES string of the molecule is CCNC(c1cnn(CC)c1)c1cncn1C. The summed E-state index contributed by atoms with van der Waals surface area (Å²) in [5.41, 5.74) is 2.33. The van der Waals surface area contributed by atoms with Crippen molar-refractivity contribution in [3.63, 3.8) is 0 Å². The predicted molar refractivity (Wildman–Crippen MR) is 66.6 cm³/mol. The number of hydrogen-bond donors (Lipinski definition) is 1. The molecule has 2 rings (SSSR count). The maximum Gasteiger partial charge on any atom is 0.0946 e. The summed E-state index contributed by atoms with van der Waals surface area (Å²) in [5, 5.41) is 7.79. The van der Waals surface area contributed by atoms with Crippen molar-refractivity contribution < 1.29 is 0 Å². The van der Waals surface area contributed by atoms with E-state index in [1.54, 1.807) is 0 Å². The highest BCUT2D eigenvalue weighted by molar-refractivity contribution is 5.22. The van der Waals surface area contributed by atoms with Crippen LogP contribution in [0.25, 0.3) is 0 Å². The number of imidazole rings is 1. The molecule has 0 amide bonds. The molecule has 2 heterocycles. The van der Waals surface area contributed by atoms with E-state index in [1.165, 1.54) is 5.56 Å². The summed E-state index contributed by atoms with van der Waals surface area (Å²) in [6.45, 7) is 5.99. The van der Waals surface area contributed by atoms with Gasteiger partial charge in [-0.1, -0.05) is 6.92 Å². The van der Waals surface area contributed by atoms with Crippen molar-refractivity contribution in [2.24, 2.45) is 7.05 Å². The number of nitrogens with zero attached hydrogens (tertiary/aromatic N) is 4. The minimum absolute atomic E-state index is 0.160. The Morgan fingerprint density at radius 2 is 2.18 bits per heavy atom. The molecule has 0 radical (unpaired) electrons. The maximum atomic E-state index is 4.32. The van der Waals surface area contributed by atoms with Crippen LogP contribution < -0.4 is 5.32 Å². The largest absolute Gasteiger partial charge is 0.336 e. The van der Waals surface area contributed by atoms with Gasteiger partial charge in [0.1, 0.15) is 0 Å². The van der Waals surface area contributed by atoms with Crippen molar-refractivity contribution in [1.82, 2.24) is 24.6 Å². The van der Waals surface area contributed by atoms with Gasteiger partial charge < -0.3 is 9.88 Å². The van der Waals surface area contributed by atoms with Gasteiger partial charge in [0.15, 0.2) is 0 Å². The molecule has 17 heavy (non-hydrogen) atoms. The third kappa shape index (κ3) is 2.39. The van der Waals surface area contributed by atoms with Gasteiger partial charge in [-0.25, -0.2) is 4.98 Å². The fraction of sp³-hybridized carbons (Fsp3) is 0.500. The molecule has 1 unspecified atom stereocenters. The summed E-state index contributed by atoms with van der Waals surface area (Å²) in [4.78, 5) is 4.17. The van der Waals surface area contributed by atoms with Crippen LogP contribution in [0.1, 0.15) is 31.1 Å². The lowest BCUT2D eigenvalue weighted by Crippen LogP contribution is -2.23. The second-order valence-electron chi connectivity index (χ2n) is 4.05. The zero-order valence-electron chi connectivity index (χ0n) is 10.6. The second kappa shape index (κ2) is 5.14. The van der Waals surface area contributed by atoms with E-state index < -0.39 is 0 Å². The van der Waals surface area contributed by atoms with E-state index in [0.29, 0.717) is 0 Å². The van der Waals surface area contributed by atoms with Crippen LogP contribution in [-0.2, 0) is 13.6 Å². The monoisotopic (exact) mass is 233 g/mol. The quantitative estimate of drug-likeness (QED) is 0.847. The standard InChI is InChI=1S/C12H19N5/c1-4-14-12(11-7-13-9-16(11)3)10-6-15-17(5-2)8-10/h6-9,12,14H,4-5H2,1-3H3. The average Bonchev–Trinajstić information content (AvgIpc) is 2.95. The molecule has 0 aliphatic heterocycles. The van der Waals surface area contributed by atoms with Gasteiger partial charge in [-0.05, 0) is 13.5 Å². The lowest BCUT2D eigenvalue weighted by atomic mass is 10.1. The Morgan fingerprint density at radius 3 is 2.71 bits per heavy atom. The Bertz CT molecular complexity index is 471. The van der Waals surface area contributed by atoms with Gasteiger partial charge >= 0.3 is 0 Å². The smallest absolute Gasteiger partial charge is 0.0946 e. The number of aromatic nitrogens is 4. The van der Waals surface area contributed by atoms with Gasteiger partial charge in [0.05, 0.1) is 30.5 Å². The van der Waals surface area contributed by atoms with Crippen LogP contribution in [0.5, 0.6) is 0 Å². The Morgan fingerprint density at radius 1 is 1.35 bits per heavy atom. The molecule has 1 atom stereocenters. The van der Waals surface area contributed by atoms with Crippen LogP contribution in [0.15, 0.2) is 24.9 Å². The Balaban J connectivity index is 2.32. The summed E-state index contributed by atoms with van der Waals surface area (Å²) in [5.74, 6) is 0. The lowest BCUT2D eigenvalue weighted by molar-refractivity contribution is 0.591. The van der Waals surface area contributed by atoms with E-state index in [-0.39, 0.29) is 6.04 Å². The Labute approximate surface area is 101 Å². The third-order valence-corrected chi connectivity index (χ3v) is 2.87. The van der Waals surface area contributed by atoms with Crippen LogP contribution in [-0.4, -0.2) is 25.9 Å². The molecule has 0 aromatic carbocycles. The molecular weight excluding hydrogens is 214 g/mol. The first-order valence-corrected chi connectivity index (χ1v) is 5.98. The molecule has 0 fully saturated rings. The van der Waals surface area contributed by atoms with E-state index in [1.807, 2.05) is 35.0 Å². The molecule has 0 aliphatic carbocycles. The molecule has 92 valence electrons. The van der Waals surface area contributed by atoms with Gasteiger partial charge in [0.25, 0.3) is 0 Å². The summed E-state index contributed by atoms with van der Waals surface area (Å²) in [6.07, 6.45) is 7.73. The number of rotatable bonds is 5. The second-order valence-corrected chi connectivity index (χ2v) is 4.05. The topological polar surface area (TPSA) is 47.7 Å². The summed E-state index contributed by atoms with van der Waals surface area (Å²) < 4.78 is 3.98. The first kappa shape index (κ1) is 11.9. The summed E-state index contributed by atoms with van der Waals surface area (Å²) in [7, 11) is 2.01. The molecule has 5 nitrogen and oxygen atoms in total. The van der Waals surface area contributed by atoms with Crippen molar-refractivity contribution in [3.8, 4) is 0 Å². The zero-order valence-corrected chi connectivity index (χ0v) is 10.6. The fourth-order valence-electron chi connectivity index (χ4n) is 1.94. The third-order valence-electron chi connectivity index (χ3n) is 2.87. The average molecular weight is 233 g/mol. The molecule has 1 N–H and O–H groups in total. The van der Waals surface area contributed by atoms with E-state index in [4.69, 9.17) is 0 Å². The molecular formula is C12H19N5. The first-order chi connectivity index (χ1) is 8.26. The number of nitrogens with one attached hydrogen (secondary N) is 1. The minimum atomic E-state index is 0.160. The van der Waals surface area contributed by atoms with E-state index in [2.05, 4.69) is 35.4 Å². The highest BCUT2D eigenvalue weighted by atomic mass is 15.3. The maximum absolute atomic E-state index is 4.32.